The minimum absolute atomic E-state index is 0.154. The molecule has 0 aromatic heterocycles. The van der Waals surface area contributed by atoms with Crippen LogP contribution in [-0.2, 0) is 12.8 Å². The van der Waals surface area contributed by atoms with Gasteiger partial charge in [-0.2, -0.15) is 0 Å². The summed E-state index contributed by atoms with van der Waals surface area (Å²) in [5, 5.41) is 19.6. The maximum atomic E-state index is 10.4. The van der Waals surface area contributed by atoms with Gasteiger partial charge in [-0.05, 0) is 121 Å². The molecule has 2 aliphatic rings. The monoisotopic (exact) mass is 490 g/mol. The van der Waals surface area contributed by atoms with Gasteiger partial charge in [0.1, 0.15) is 5.75 Å². The van der Waals surface area contributed by atoms with Crippen molar-refractivity contribution in [3.63, 3.8) is 0 Å². The number of unbranched alkanes of at least 4 members (excludes halogenated alkanes) is 2. The van der Waals surface area contributed by atoms with Crippen molar-refractivity contribution in [1.29, 1.82) is 0 Å². The second-order valence-electron chi connectivity index (χ2n) is 11.8. The van der Waals surface area contributed by atoms with Crippen molar-refractivity contribution in [2.24, 2.45) is 17.8 Å². The van der Waals surface area contributed by atoms with Gasteiger partial charge in [-0.15, -0.1) is 0 Å². The highest BCUT2D eigenvalue weighted by molar-refractivity contribution is 5.70. The smallest absolute Gasteiger partial charge is 0.119 e. The molecule has 0 atom stereocenters. The van der Waals surface area contributed by atoms with Crippen molar-refractivity contribution in [2.75, 3.05) is 6.61 Å². The lowest BCUT2D eigenvalue weighted by Crippen LogP contribution is -2.25. The molecule has 0 radical (unpaired) electrons. The number of rotatable bonds is 11. The molecule has 198 valence electrons. The molecule has 36 heavy (non-hydrogen) atoms. The summed E-state index contributed by atoms with van der Waals surface area (Å²) >= 11 is 0. The minimum Gasteiger partial charge on any atom is -0.508 e. The summed E-state index contributed by atoms with van der Waals surface area (Å²) in [4.78, 5) is 0. The second-order valence-corrected chi connectivity index (χ2v) is 11.8. The zero-order valence-corrected chi connectivity index (χ0v) is 23.0. The molecule has 0 aliphatic heterocycles. The number of aliphatic hydroxyl groups is 1. The van der Waals surface area contributed by atoms with Crippen LogP contribution in [0.15, 0.2) is 36.4 Å². The number of benzene rings is 2. The van der Waals surface area contributed by atoms with E-state index in [0.29, 0.717) is 24.5 Å². The predicted octanol–water partition coefficient (Wildman–Crippen LogP) is 9.21. The van der Waals surface area contributed by atoms with Gasteiger partial charge in [-0.3, -0.25) is 0 Å². The highest BCUT2D eigenvalue weighted by atomic mass is 16.3. The quantitative estimate of drug-likeness (QED) is 0.308. The van der Waals surface area contributed by atoms with Crippen LogP contribution in [0.1, 0.15) is 120 Å². The Bertz CT molecular complexity index is 915. The summed E-state index contributed by atoms with van der Waals surface area (Å²) in [5.41, 5.74) is 6.10. The summed E-state index contributed by atoms with van der Waals surface area (Å²) in [6.45, 7) is 4.62. The van der Waals surface area contributed by atoms with Crippen molar-refractivity contribution in [3.05, 3.63) is 53.1 Å². The van der Waals surface area contributed by atoms with E-state index < -0.39 is 0 Å². The first-order valence-corrected chi connectivity index (χ1v) is 15.2. The van der Waals surface area contributed by atoms with Crippen LogP contribution in [-0.4, -0.2) is 16.8 Å². The van der Waals surface area contributed by atoms with Gasteiger partial charge in [0.05, 0.1) is 0 Å². The highest BCUT2D eigenvalue weighted by Crippen LogP contribution is 2.45. The summed E-state index contributed by atoms with van der Waals surface area (Å²) < 4.78 is 0. The third kappa shape index (κ3) is 6.94. The molecule has 2 N–H and O–H groups in total. The van der Waals surface area contributed by atoms with E-state index in [2.05, 4.69) is 44.2 Å². The number of aliphatic hydroxyl groups excluding tert-OH is 1. The first-order chi connectivity index (χ1) is 17.6. The Morgan fingerprint density at radius 2 is 1.42 bits per heavy atom. The lowest BCUT2D eigenvalue weighted by atomic mass is 9.68. The van der Waals surface area contributed by atoms with Crippen LogP contribution in [0.5, 0.6) is 5.75 Å². The highest BCUT2D eigenvalue weighted by Gasteiger charge is 2.31. The molecule has 2 heteroatoms. The molecular weight excluding hydrogens is 440 g/mol. The molecule has 2 aromatic rings. The van der Waals surface area contributed by atoms with Crippen molar-refractivity contribution in [1.82, 2.24) is 0 Å². The van der Waals surface area contributed by atoms with Gasteiger partial charge < -0.3 is 10.2 Å². The van der Waals surface area contributed by atoms with Gasteiger partial charge in [0, 0.05) is 6.61 Å². The van der Waals surface area contributed by atoms with Gasteiger partial charge in [-0.25, -0.2) is 0 Å². The van der Waals surface area contributed by atoms with Gasteiger partial charge in [-0.1, -0.05) is 76.6 Å². The SMILES string of the molecule is CCCCCC1CCC(C2CCC(c3ccc(-c4cc(CCCO)c(O)cc4CC)cc3)CC2)CC1. The average Bonchev–Trinajstić information content (AvgIpc) is 2.93. The Kier molecular flexibility index (Phi) is 10.3. The number of hydrogen-bond acceptors (Lipinski definition) is 2. The number of phenols is 1. The maximum absolute atomic E-state index is 10.4. The molecule has 0 bridgehead atoms. The molecule has 0 saturated heterocycles. The summed E-state index contributed by atoms with van der Waals surface area (Å²) in [5.74, 6) is 4.07. The Labute approximate surface area is 220 Å². The molecule has 2 nitrogen and oxygen atoms in total. The van der Waals surface area contributed by atoms with E-state index in [1.807, 2.05) is 6.07 Å². The number of hydrogen-bond donors (Lipinski definition) is 2. The molecule has 4 rings (SSSR count). The third-order valence-electron chi connectivity index (χ3n) is 9.53. The first-order valence-electron chi connectivity index (χ1n) is 15.2. The molecule has 2 fully saturated rings. The van der Waals surface area contributed by atoms with Gasteiger partial charge in [0.25, 0.3) is 0 Å². The van der Waals surface area contributed by atoms with Crippen LogP contribution in [0.25, 0.3) is 11.1 Å². The zero-order valence-electron chi connectivity index (χ0n) is 23.0. The maximum Gasteiger partial charge on any atom is 0.119 e. The van der Waals surface area contributed by atoms with E-state index in [0.717, 1.165) is 29.7 Å². The number of aryl methyl sites for hydroxylation is 2. The molecule has 0 heterocycles. The predicted molar refractivity (Wildman–Crippen MR) is 153 cm³/mol. The normalized spacial score (nSPS) is 24.6. The van der Waals surface area contributed by atoms with Crippen molar-refractivity contribution in [2.45, 2.75) is 116 Å². The molecule has 0 spiro atoms. The van der Waals surface area contributed by atoms with E-state index in [9.17, 15) is 10.2 Å². The van der Waals surface area contributed by atoms with Crippen LogP contribution in [0, 0.1) is 17.8 Å². The van der Waals surface area contributed by atoms with Crippen molar-refractivity contribution >= 4 is 0 Å². The standard InChI is InChI=1S/C34H50O2/c1-3-5-6-8-25-10-12-27(13-11-25)28-14-16-29(17-15-28)30-18-20-31(21-19-30)33-23-32(9-7-22-35)34(36)24-26(33)4-2/h18-21,23-25,27-29,35-36H,3-17,22H2,1-2H3. The lowest BCUT2D eigenvalue weighted by Gasteiger charge is -2.38. The van der Waals surface area contributed by atoms with Crippen LogP contribution in [0.3, 0.4) is 0 Å². The Hall–Kier alpha value is -1.80. The fourth-order valence-corrected chi connectivity index (χ4v) is 7.20. The summed E-state index contributed by atoms with van der Waals surface area (Å²) in [6.07, 6.45) is 19.5. The summed E-state index contributed by atoms with van der Waals surface area (Å²) in [7, 11) is 0. The van der Waals surface area contributed by atoms with Crippen molar-refractivity contribution in [3.8, 4) is 16.9 Å². The van der Waals surface area contributed by atoms with E-state index >= 15 is 0 Å². The van der Waals surface area contributed by atoms with Crippen LogP contribution in [0.4, 0.5) is 0 Å². The molecule has 2 saturated carbocycles. The van der Waals surface area contributed by atoms with E-state index in [4.69, 9.17) is 0 Å². The average molecular weight is 491 g/mol. The van der Waals surface area contributed by atoms with E-state index in [1.54, 1.807) is 0 Å². The Morgan fingerprint density at radius 1 is 0.750 bits per heavy atom. The molecule has 0 amide bonds. The largest absolute Gasteiger partial charge is 0.508 e. The molecular formula is C34H50O2. The molecule has 2 aliphatic carbocycles. The van der Waals surface area contributed by atoms with Gasteiger partial charge >= 0.3 is 0 Å². The number of phenolic OH excluding ortho intramolecular Hbond substituents is 1. The Morgan fingerprint density at radius 3 is 2.03 bits per heavy atom. The third-order valence-corrected chi connectivity index (χ3v) is 9.53. The van der Waals surface area contributed by atoms with E-state index in [-0.39, 0.29) is 6.61 Å². The van der Waals surface area contributed by atoms with Gasteiger partial charge in [0.2, 0.25) is 0 Å². The lowest BCUT2D eigenvalue weighted by molar-refractivity contribution is 0.155. The fraction of sp³-hybridized carbons (Fsp3) is 0.647. The second kappa shape index (κ2) is 13.7. The minimum atomic E-state index is 0.154. The van der Waals surface area contributed by atoms with Crippen LogP contribution < -0.4 is 0 Å². The van der Waals surface area contributed by atoms with E-state index in [1.165, 1.54) is 99.3 Å². The summed E-state index contributed by atoms with van der Waals surface area (Å²) in [6, 6.07) is 13.4. The van der Waals surface area contributed by atoms with Crippen LogP contribution in [0.2, 0.25) is 0 Å². The fourth-order valence-electron chi connectivity index (χ4n) is 7.20. The van der Waals surface area contributed by atoms with Crippen LogP contribution >= 0.6 is 0 Å². The number of aromatic hydroxyl groups is 1. The first kappa shape index (κ1) is 27.2. The van der Waals surface area contributed by atoms with Crippen molar-refractivity contribution < 1.29 is 10.2 Å². The molecule has 2 aromatic carbocycles. The van der Waals surface area contributed by atoms with Gasteiger partial charge in [0.15, 0.2) is 0 Å². The Balaban J connectivity index is 1.32. The molecule has 0 unspecified atom stereocenters. The zero-order chi connectivity index (χ0) is 25.3. The topological polar surface area (TPSA) is 40.5 Å².